The van der Waals surface area contributed by atoms with Crippen LogP contribution in [0, 0.1) is 0 Å². The summed E-state index contributed by atoms with van der Waals surface area (Å²) in [5.74, 6) is 0.00485. The number of halogens is 1. The molecule has 0 atom stereocenters. The first-order chi connectivity index (χ1) is 15.9. The zero-order valence-corrected chi connectivity index (χ0v) is 18.7. The first kappa shape index (κ1) is 22.3. The number of carbonyl (C=O) groups excluding carboxylic acids is 1. The lowest BCUT2D eigenvalue weighted by atomic mass is 10.1. The quantitative estimate of drug-likeness (QED) is 0.203. The van der Waals surface area contributed by atoms with Crippen LogP contribution in [0.4, 0.5) is 5.82 Å². The molecule has 0 radical (unpaired) electrons. The number of amides is 1. The molecule has 168 valence electrons. The number of nitrogens with one attached hydrogen (secondary N) is 1. The fourth-order valence-electron chi connectivity index (χ4n) is 2.75. The van der Waals surface area contributed by atoms with Gasteiger partial charge >= 0.3 is 0 Å². The molecule has 0 saturated heterocycles. The van der Waals surface area contributed by atoms with Crippen LogP contribution >= 0.6 is 23.4 Å². The van der Waals surface area contributed by atoms with Crippen LogP contribution in [-0.2, 0) is 5.75 Å². The largest absolute Gasteiger partial charge is 0.508 e. The number of phenolic OH excluding ortho intramolecular Hbond substituents is 1. The summed E-state index contributed by atoms with van der Waals surface area (Å²) < 4.78 is 5.97. The number of aromatic nitrogens is 5. The van der Waals surface area contributed by atoms with Gasteiger partial charge in [0.25, 0.3) is 5.91 Å². The number of benzene rings is 2. The van der Waals surface area contributed by atoms with E-state index in [0.717, 1.165) is 10.5 Å². The highest BCUT2D eigenvalue weighted by Crippen LogP contribution is 2.27. The van der Waals surface area contributed by atoms with E-state index < -0.39 is 5.91 Å². The Balaban J connectivity index is 1.59. The standard InChI is InChI=1S/C20H17ClN8O3S/c1-11(12-2-6-14(30)7-3-12)23-25-20(31)17-16(10-33-15-8-4-13(21)5-9-15)29(28-24-17)19-18(22)26-32-27-19/h2-9,30H,10H2,1H3,(H2,22,26)(H,25,31)/b23-11+. The van der Waals surface area contributed by atoms with E-state index in [1.807, 2.05) is 12.1 Å². The lowest BCUT2D eigenvalue weighted by molar-refractivity contribution is 0.0949. The minimum absolute atomic E-state index is 0.00537. The highest BCUT2D eigenvalue weighted by atomic mass is 35.5. The van der Waals surface area contributed by atoms with Crippen molar-refractivity contribution >= 4 is 40.8 Å². The molecule has 2 aromatic heterocycles. The molecule has 4 N–H and O–H groups in total. The summed E-state index contributed by atoms with van der Waals surface area (Å²) in [6.07, 6.45) is 0. The lowest BCUT2D eigenvalue weighted by Gasteiger charge is -2.06. The van der Waals surface area contributed by atoms with Gasteiger partial charge in [-0.25, -0.2) is 10.1 Å². The topological polar surface area (TPSA) is 157 Å². The normalized spacial score (nSPS) is 11.5. The Morgan fingerprint density at radius 3 is 2.61 bits per heavy atom. The lowest BCUT2D eigenvalue weighted by Crippen LogP contribution is -2.21. The maximum Gasteiger partial charge on any atom is 0.293 e. The number of nitrogen functional groups attached to an aromatic ring is 1. The molecule has 11 nitrogen and oxygen atoms in total. The first-order valence-corrected chi connectivity index (χ1v) is 10.8. The van der Waals surface area contributed by atoms with Crippen molar-refractivity contribution < 1.29 is 14.5 Å². The molecule has 13 heteroatoms. The van der Waals surface area contributed by atoms with Crippen LogP contribution in [0.1, 0.15) is 28.7 Å². The van der Waals surface area contributed by atoms with Gasteiger partial charge in [-0.3, -0.25) is 4.79 Å². The van der Waals surface area contributed by atoms with Crippen LogP contribution in [-0.4, -0.2) is 42.0 Å². The Morgan fingerprint density at radius 2 is 1.94 bits per heavy atom. The number of nitrogens with two attached hydrogens (primary N) is 1. The van der Waals surface area contributed by atoms with Crippen molar-refractivity contribution in [2.45, 2.75) is 17.6 Å². The highest BCUT2D eigenvalue weighted by Gasteiger charge is 2.24. The Hall–Kier alpha value is -3.90. The van der Waals surface area contributed by atoms with Crippen LogP contribution in [0.3, 0.4) is 0 Å². The number of thioether (sulfide) groups is 1. The number of carbonyl (C=O) groups is 1. The van der Waals surface area contributed by atoms with Gasteiger partial charge in [-0.1, -0.05) is 16.8 Å². The molecule has 0 unspecified atom stereocenters. The third-order valence-electron chi connectivity index (χ3n) is 4.47. The number of phenols is 1. The predicted octanol–water partition coefficient (Wildman–Crippen LogP) is 3.04. The summed E-state index contributed by atoms with van der Waals surface area (Å²) in [4.78, 5) is 13.8. The molecule has 0 spiro atoms. The fraction of sp³-hybridized carbons (Fsp3) is 0.100. The second-order valence-corrected chi connectivity index (χ2v) is 8.18. The van der Waals surface area contributed by atoms with Crippen LogP contribution in [0.2, 0.25) is 5.02 Å². The molecule has 0 bridgehead atoms. The number of hydrogen-bond donors (Lipinski definition) is 3. The van der Waals surface area contributed by atoms with Crippen molar-refractivity contribution in [3.05, 3.63) is 70.5 Å². The smallest absolute Gasteiger partial charge is 0.293 e. The predicted molar refractivity (Wildman–Crippen MR) is 122 cm³/mol. The van der Waals surface area contributed by atoms with Crippen LogP contribution in [0.5, 0.6) is 5.75 Å². The van der Waals surface area contributed by atoms with Crippen molar-refractivity contribution in [1.29, 1.82) is 0 Å². The van der Waals surface area contributed by atoms with Crippen molar-refractivity contribution in [3.63, 3.8) is 0 Å². The summed E-state index contributed by atoms with van der Waals surface area (Å²) in [5.41, 5.74) is 10.0. The first-order valence-electron chi connectivity index (χ1n) is 9.47. The number of hydrogen-bond acceptors (Lipinski definition) is 10. The molecule has 0 aliphatic carbocycles. The van der Waals surface area contributed by atoms with Gasteiger partial charge in [-0.2, -0.15) is 9.78 Å². The van der Waals surface area contributed by atoms with E-state index >= 15 is 0 Å². The molecule has 33 heavy (non-hydrogen) atoms. The fourth-order valence-corrected chi connectivity index (χ4v) is 3.77. The molecule has 0 fully saturated rings. The van der Waals surface area contributed by atoms with E-state index in [4.69, 9.17) is 17.3 Å². The molecule has 2 heterocycles. The monoisotopic (exact) mass is 484 g/mol. The molecule has 1 amide bonds. The number of anilines is 1. The average molecular weight is 485 g/mol. The minimum atomic E-state index is -0.568. The second kappa shape index (κ2) is 9.71. The molecule has 0 saturated carbocycles. The summed E-state index contributed by atoms with van der Waals surface area (Å²) in [5, 5.41) is 29.5. The number of aromatic hydroxyl groups is 1. The number of nitrogens with zero attached hydrogens (tertiary/aromatic N) is 6. The maximum atomic E-state index is 12.9. The van der Waals surface area contributed by atoms with Crippen LogP contribution in [0.15, 0.2) is 63.2 Å². The van der Waals surface area contributed by atoms with Gasteiger partial charge in [0.15, 0.2) is 5.69 Å². The summed E-state index contributed by atoms with van der Waals surface area (Å²) >= 11 is 7.39. The molecule has 0 aliphatic heterocycles. The van der Waals surface area contributed by atoms with Gasteiger partial charge in [0.05, 0.1) is 11.4 Å². The minimum Gasteiger partial charge on any atom is -0.508 e. The molecule has 0 aliphatic rings. The van der Waals surface area contributed by atoms with Crippen molar-refractivity contribution in [2.24, 2.45) is 5.10 Å². The van der Waals surface area contributed by atoms with Gasteiger partial charge in [0.2, 0.25) is 11.6 Å². The van der Waals surface area contributed by atoms with Crippen LogP contribution < -0.4 is 11.2 Å². The Morgan fingerprint density at radius 1 is 1.21 bits per heavy atom. The van der Waals surface area contributed by atoms with Crippen LogP contribution in [0.25, 0.3) is 5.82 Å². The molecule has 2 aromatic carbocycles. The third kappa shape index (κ3) is 5.13. The SMILES string of the molecule is C/C(=N\NC(=O)c1nnn(-c2nonc2N)c1CSc1ccc(Cl)cc1)c1ccc(O)cc1. The van der Waals surface area contributed by atoms with Gasteiger partial charge in [-0.05, 0) is 71.3 Å². The molecule has 4 rings (SSSR count). The Labute approximate surface area is 196 Å². The van der Waals surface area contributed by atoms with Crippen molar-refractivity contribution in [2.75, 3.05) is 5.73 Å². The maximum absolute atomic E-state index is 12.9. The van der Waals surface area contributed by atoms with E-state index in [1.165, 1.54) is 28.6 Å². The van der Waals surface area contributed by atoms with Crippen molar-refractivity contribution in [3.8, 4) is 11.6 Å². The van der Waals surface area contributed by atoms with Gasteiger partial charge in [0, 0.05) is 15.7 Å². The van der Waals surface area contributed by atoms with Crippen molar-refractivity contribution in [1.82, 2.24) is 30.7 Å². The second-order valence-electron chi connectivity index (χ2n) is 6.70. The van der Waals surface area contributed by atoms with Gasteiger partial charge < -0.3 is 10.8 Å². The summed E-state index contributed by atoms with van der Waals surface area (Å²) in [6, 6.07) is 13.7. The zero-order valence-electron chi connectivity index (χ0n) is 17.1. The summed E-state index contributed by atoms with van der Waals surface area (Å²) in [7, 11) is 0. The Bertz CT molecular complexity index is 1300. The van der Waals surface area contributed by atoms with E-state index in [2.05, 4.69) is 35.8 Å². The molecular formula is C20H17ClN8O3S. The zero-order chi connectivity index (χ0) is 23.4. The van der Waals surface area contributed by atoms with Gasteiger partial charge in [-0.15, -0.1) is 16.9 Å². The highest BCUT2D eigenvalue weighted by molar-refractivity contribution is 7.98. The van der Waals surface area contributed by atoms with E-state index in [0.29, 0.717) is 22.2 Å². The Kier molecular flexibility index (Phi) is 6.56. The number of hydrazone groups is 1. The van der Waals surface area contributed by atoms with E-state index in [-0.39, 0.29) is 23.1 Å². The molecule has 4 aromatic rings. The third-order valence-corrected chi connectivity index (χ3v) is 5.75. The van der Waals surface area contributed by atoms with Gasteiger partial charge in [0.1, 0.15) is 5.75 Å². The van der Waals surface area contributed by atoms with E-state index in [1.54, 1.807) is 31.2 Å². The molecular weight excluding hydrogens is 468 g/mol. The summed E-state index contributed by atoms with van der Waals surface area (Å²) in [6.45, 7) is 1.72. The number of rotatable bonds is 7. The average Bonchev–Trinajstić information content (AvgIpc) is 3.43. The van der Waals surface area contributed by atoms with E-state index in [9.17, 15) is 9.90 Å².